The van der Waals surface area contributed by atoms with Crippen LogP contribution in [-0.2, 0) is 6.42 Å². The van der Waals surface area contributed by atoms with Crippen LogP contribution in [0.15, 0.2) is 5.38 Å². The maximum absolute atomic E-state index is 5.88. The van der Waals surface area contributed by atoms with Gasteiger partial charge >= 0.3 is 0 Å². The third kappa shape index (κ3) is 2.12. The van der Waals surface area contributed by atoms with Gasteiger partial charge in [-0.25, -0.2) is 4.98 Å². The van der Waals surface area contributed by atoms with Crippen molar-refractivity contribution in [2.75, 3.05) is 12.3 Å². The van der Waals surface area contributed by atoms with E-state index in [0.29, 0.717) is 4.75 Å². The van der Waals surface area contributed by atoms with Crippen LogP contribution in [0.3, 0.4) is 0 Å². The molecule has 1 saturated heterocycles. The fourth-order valence-electron chi connectivity index (χ4n) is 1.89. The van der Waals surface area contributed by atoms with Gasteiger partial charge in [-0.3, -0.25) is 0 Å². The molecule has 2 nitrogen and oxygen atoms in total. The lowest BCUT2D eigenvalue weighted by Crippen LogP contribution is -2.34. The van der Waals surface area contributed by atoms with Crippen molar-refractivity contribution in [2.45, 2.75) is 30.9 Å². The first-order chi connectivity index (χ1) is 6.74. The Hall–Kier alpha value is -0.0600. The number of nitrogens with two attached hydrogens (primary N) is 1. The molecule has 0 aromatic carbocycles. The molecule has 0 amide bonds. The number of aryl methyl sites for hydroxylation is 1. The summed E-state index contributed by atoms with van der Waals surface area (Å²) in [5.41, 5.74) is 7.02. The molecular weight excluding hydrogens is 212 g/mol. The minimum absolute atomic E-state index is 0.296. The summed E-state index contributed by atoms with van der Waals surface area (Å²) in [5.74, 6) is 1.27. The zero-order chi connectivity index (χ0) is 10.0. The molecule has 0 radical (unpaired) electrons. The van der Waals surface area contributed by atoms with Crippen LogP contribution in [0.4, 0.5) is 0 Å². The van der Waals surface area contributed by atoms with Gasteiger partial charge in [-0.1, -0.05) is 0 Å². The maximum Gasteiger partial charge on any atom is 0.0942 e. The Morgan fingerprint density at radius 3 is 3.00 bits per heavy atom. The molecule has 1 aliphatic rings. The van der Waals surface area contributed by atoms with Gasteiger partial charge in [0.05, 0.1) is 5.01 Å². The molecule has 0 spiro atoms. The Morgan fingerprint density at radius 2 is 2.50 bits per heavy atom. The molecule has 0 aliphatic carbocycles. The summed E-state index contributed by atoms with van der Waals surface area (Å²) in [6.07, 6.45) is 3.63. The van der Waals surface area contributed by atoms with Crippen LogP contribution in [0, 0.1) is 6.92 Å². The third-order valence-corrected chi connectivity index (χ3v) is 5.28. The van der Waals surface area contributed by atoms with E-state index in [0.717, 1.165) is 18.7 Å². The van der Waals surface area contributed by atoms with Gasteiger partial charge in [0.1, 0.15) is 0 Å². The van der Waals surface area contributed by atoms with Crippen LogP contribution in [-0.4, -0.2) is 22.0 Å². The Bertz CT molecular complexity index is 303. The van der Waals surface area contributed by atoms with Gasteiger partial charge in [-0.05, 0) is 25.5 Å². The van der Waals surface area contributed by atoms with Gasteiger partial charge in [0.15, 0.2) is 0 Å². The molecular formula is C10H16N2S2. The second kappa shape index (κ2) is 4.21. The third-order valence-electron chi connectivity index (χ3n) is 2.70. The zero-order valence-corrected chi connectivity index (χ0v) is 10.1. The van der Waals surface area contributed by atoms with Gasteiger partial charge in [0.25, 0.3) is 0 Å². The number of nitrogens with zero attached hydrogens (tertiary/aromatic N) is 1. The number of thioether (sulfide) groups is 1. The minimum Gasteiger partial charge on any atom is -0.329 e. The van der Waals surface area contributed by atoms with Crippen LogP contribution >= 0.6 is 23.1 Å². The standard InChI is InChI=1S/C10H16N2S2/c1-8-6-13-9(12-8)5-10(7-11)3-2-4-14-10/h6H,2-5,7,11H2,1H3. The Kier molecular flexibility index (Phi) is 3.14. The summed E-state index contributed by atoms with van der Waals surface area (Å²) >= 11 is 3.81. The first-order valence-corrected chi connectivity index (χ1v) is 6.86. The van der Waals surface area contributed by atoms with Gasteiger partial charge < -0.3 is 5.73 Å². The number of aromatic nitrogens is 1. The average molecular weight is 228 g/mol. The van der Waals surface area contributed by atoms with E-state index in [4.69, 9.17) is 5.73 Å². The van der Waals surface area contributed by atoms with Gasteiger partial charge in [-0.15, -0.1) is 11.3 Å². The highest BCUT2D eigenvalue weighted by molar-refractivity contribution is 8.00. The first-order valence-electron chi connectivity index (χ1n) is 4.99. The molecule has 1 atom stereocenters. The summed E-state index contributed by atoms with van der Waals surface area (Å²) in [6.45, 7) is 2.84. The van der Waals surface area contributed by atoms with Gasteiger partial charge in [0.2, 0.25) is 0 Å². The quantitative estimate of drug-likeness (QED) is 0.862. The fraction of sp³-hybridized carbons (Fsp3) is 0.700. The molecule has 2 rings (SSSR count). The van der Waals surface area contributed by atoms with Crippen LogP contribution in [0.25, 0.3) is 0 Å². The van der Waals surface area contributed by atoms with E-state index in [1.807, 2.05) is 11.8 Å². The van der Waals surface area contributed by atoms with E-state index < -0.39 is 0 Å². The average Bonchev–Trinajstić information content (AvgIpc) is 2.77. The highest BCUT2D eigenvalue weighted by Crippen LogP contribution is 2.40. The van der Waals surface area contributed by atoms with Crippen molar-refractivity contribution >= 4 is 23.1 Å². The van der Waals surface area contributed by atoms with Crippen molar-refractivity contribution < 1.29 is 0 Å². The Balaban J connectivity index is 2.08. The number of hydrogen-bond acceptors (Lipinski definition) is 4. The lowest BCUT2D eigenvalue weighted by atomic mass is 10.00. The van der Waals surface area contributed by atoms with Crippen molar-refractivity contribution in [3.05, 3.63) is 16.1 Å². The first kappa shape index (κ1) is 10.5. The highest BCUT2D eigenvalue weighted by Gasteiger charge is 2.34. The van der Waals surface area contributed by atoms with Crippen molar-refractivity contribution in [1.82, 2.24) is 4.98 Å². The van der Waals surface area contributed by atoms with E-state index in [1.165, 1.54) is 23.6 Å². The summed E-state index contributed by atoms with van der Waals surface area (Å²) in [5, 5.41) is 3.38. The lowest BCUT2D eigenvalue weighted by Gasteiger charge is -2.24. The monoisotopic (exact) mass is 228 g/mol. The molecule has 14 heavy (non-hydrogen) atoms. The molecule has 0 saturated carbocycles. The van der Waals surface area contributed by atoms with Crippen LogP contribution in [0.1, 0.15) is 23.5 Å². The molecule has 4 heteroatoms. The van der Waals surface area contributed by atoms with Gasteiger partial charge in [0, 0.05) is 28.8 Å². The minimum atomic E-state index is 0.296. The molecule has 2 N–H and O–H groups in total. The van der Waals surface area contributed by atoms with Gasteiger partial charge in [-0.2, -0.15) is 11.8 Å². The Morgan fingerprint density at radius 1 is 1.64 bits per heavy atom. The molecule has 1 aliphatic heterocycles. The predicted molar refractivity (Wildman–Crippen MR) is 64.0 cm³/mol. The zero-order valence-electron chi connectivity index (χ0n) is 8.45. The largest absolute Gasteiger partial charge is 0.329 e. The predicted octanol–water partition coefficient (Wildman–Crippen LogP) is 2.22. The molecule has 2 heterocycles. The molecule has 1 unspecified atom stereocenters. The van der Waals surface area contributed by atoms with Crippen LogP contribution in [0.5, 0.6) is 0 Å². The highest BCUT2D eigenvalue weighted by atomic mass is 32.2. The summed E-state index contributed by atoms with van der Waals surface area (Å²) in [4.78, 5) is 4.52. The molecule has 78 valence electrons. The van der Waals surface area contributed by atoms with Crippen molar-refractivity contribution in [2.24, 2.45) is 5.73 Å². The topological polar surface area (TPSA) is 38.9 Å². The normalized spacial score (nSPS) is 27.0. The van der Waals surface area contributed by atoms with E-state index >= 15 is 0 Å². The Labute approximate surface area is 93.3 Å². The fourth-order valence-corrected chi connectivity index (χ4v) is 4.26. The van der Waals surface area contributed by atoms with E-state index in [2.05, 4.69) is 17.3 Å². The van der Waals surface area contributed by atoms with Crippen molar-refractivity contribution in [1.29, 1.82) is 0 Å². The van der Waals surface area contributed by atoms with E-state index in [1.54, 1.807) is 11.3 Å². The summed E-state index contributed by atoms with van der Waals surface area (Å²) < 4.78 is 0.296. The second-order valence-electron chi connectivity index (χ2n) is 3.90. The van der Waals surface area contributed by atoms with Crippen molar-refractivity contribution in [3.63, 3.8) is 0 Å². The van der Waals surface area contributed by atoms with Crippen molar-refractivity contribution in [3.8, 4) is 0 Å². The lowest BCUT2D eigenvalue weighted by molar-refractivity contribution is 0.563. The van der Waals surface area contributed by atoms with Crippen LogP contribution < -0.4 is 5.73 Å². The number of rotatable bonds is 3. The SMILES string of the molecule is Cc1csc(CC2(CN)CCCS2)n1. The van der Waals surface area contributed by atoms with Crippen LogP contribution in [0.2, 0.25) is 0 Å². The maximum atomic E-state index is 5.88. The molecule has 0 bridgehead atoms. The number of hydrogen-bond donors (Lipinski definition) is 1. The van der Waals surface area contributed by atoms with E-state index in [-0.39, 0.29) is 0 Å². The smallest absolute Gasteiger partial charge is 0.0942 e. The second-order valence-corrected chi connectivity index (χ2v) is 6.40. The molecule has 1 aromatic rings. The number of thiazole rings is 1. The molecule has 1 aromatic heterocycles. The summed E-state index contributed by atoms with van der Waals surface area (Å²) in [7, 11) is 0. The van der Waals surface area contributed by atoms with E-state index in [9.17, 15) is 0 Å². The molecule has 1 fully saturated rings. The summed E-state index contributed by atoms with van der Waals surface area (Å²) in [6, 6.07) is 0.